The van der Waals surface area contributed by atoms with Gasteiger partial charge in [0.15, 0.2) is 0 Å². The van der Waals surface area contributed by atoms with E-state index in [0.717, 1.165) is 31.3 Å². The molecule has 0 N–H and O–H groups in total. The third-order valence-corrected chi connectivity index (χ3v) is 6.41. The van der Waals surface area contributed by atoms with Crippen LogP contribution in [0.4, 0.5) is 0 Å². The van der Waals surface area contributed by atoms with Crippen molar-refractivity contribution in [2.75, 3.05) is 6.61 Å². The third kappa shape index (κ3) is 7.82. The summed E-state index contributed by atoms with van der Waals surface area (Å²) in [6.45, 7) is 6.70. The van der Waals surface area contributed by atoms with E-state index >= 15 is 0 Å². The number of unbranched alkanes of at least 4 members (excludes halogenated alkanes) is 5. The number of rotatable bonds is 11. The van der Waals surface area contributed by atoms with Crippen LogP contribution >= 0.6 is 0 Å². The molecule has 26 heavy (non-hydrogen) atoms. The highest BCUT2D eigenvalue weighted by atomic mass is 16.5. The molecular weight excluding hydrogens is 324 g/mol. The molecule has 3 nitrogen and oxygen atoms in total. The molecule has 150 valence electrons. The Labute approximate surface area is 160 Å². The summed E-state index contributed by atoms with van der Waals surface area (Å²) in [5, 5.41) is 0. The molecule has 0 bridgehead atoms. The van der Waals surface area contributed by atoms with Crippen LogP contribution in [0.1, 0.15) is 96.8 Å². The van der Waals surface area contributed by atoms with E-state index in [0.29, 0.717) is 6.10 Å². The molecule has 0 aromatic carbocycles. The molecule has 0 aromatic heterocycles. The third-order valence-electron chi connectivity index (χ3n) is 6.41. The van der Waals surface area contributed by atoms with Crippen molar-refractivity contribution in [1.82, 2.24) is 0 Å². The number of esters is 1. The van der Waals surface area contributed by atoms with Crippen molar-refractivity contribution in [1.29, 1.82) is 0 Å². The highest BCUT2D eigenvalue weighted by molar-refractivity contribution is 5.81. The second-order valence-electron chi connectivity index (χ2n) is 8.35. The lowest BCUT2D eigenvalue weighted by Crippen LogP contribution is -2.31. The highest BCUT2D eigenvalue weighted by Crippen LogP contribution is 2.39. The van der Waals surface area contributed by atoms with Crippen LogP contribution in [0.25, 0.3) is 0 Å². The van der Waals surface area contributed by atoms with Crippen molar-refractivity contribution < 1.29 is 14.3 Å². The largest absolute Gasteiger partial charge is 0.459 e. The minimum absolute atomic E-state index is 0.119. The molecule has 0 aromatic rings. The first-order valence-corrected chi connectivity index (χ1v) is 11.2. The van der Waals surface area contributed by atoms with Crippen LogP contribution in [-0.4, -0.2) is 24.8 Å². The zero-order valence-electron chi connectivity index (χ0n) is 16.9. The van der Waals surface area contributed by atoms with Crippen molar-refractivity contribution in [3.8, 4) is 0 Å². The summed E-state index contributed by atoms with van der Waals surface area (Å²) < 4.78 is 11.5. The van der Waals surface area contributed by atoms with Gasteiger partial charge >= 0.3 is 5.97 Å². The van der Waals surface area contributed by atoms with E-state index in [4.69, 9.17) is 9.47 Å². The smallest absolute Gasteiger partial charge is 0.330 e. The van der Waals surface area contributed by atoms with Crippen LogP contribution in [0.3, 0.4) is 0 Å². The zero-order valence-corrected chi connectivity index (χ0v) is 16.9. The molecule has 2 fully saturated rings. The first-order valence-electron chi connectivity index (χ1n) is 11.2. The highest BCUT2D eigenvalue weighted by Gasteiger charge is 2.31. The number of carbonyl (C=O) groups is 1. The lowest BCUT2D eigenvalue weighted by atomic mass is 9.72. The van der Waals surface area contributed by atoms with E-state index in [2.05, 4.69) is 13.5 Å². The van der Waals surface area contributed by atoms with Crippen LogP contribution in [0, 0.1) is 11.8 Å². The Morgan fingerprint density at radius 3 is 1.96 bits per heavy atom. The standard InChI is InChI=1S/C23H40O3/c1-3-5-6-7-8-9-18-25-21-14-10-19(11-15-21)20-12-16-22(17-13-20)26-23(24)4-2/h4,19-22H,2-3,5-18H2,1H3. The van der Waals surface area contributed by atoms with Gasteiger partial charge < -0.3 is 9.47 Å². The lowest BCUT2D eigenvalue weighted by molar-refractivity contribution is -0.145. The summed E-state index contributed by atoms with van der Waals surface area (Å²) in [5.41, 5.74) is 0. The molecule has 0 atom stereocenters. The predicted molar refractivity (Wildman–Crippen MR) is 107 cm³/mol. The Kier molecular flexibility index (Phi) is 10.4. The molecule has 0 saturated heterocycles. The number of ether oxygens (including phenoxy) is 2. The molecule has 3 heteroatoms. The van der Waals surface area contributed by atoms with Gasteiger partial charge in [0.05, 0.1) is 6.10 Å². The second-order valence-corrected chi connectivity index (χ2v) is 8.35. The van der Waals surface area contributed by atoms with Crippen molar-refractivity contribution >= 4 is 5.97 Å². The van der Waals surface area contributed by atoms with Crippen LogP contribution in [-0.2, 0) is 14.3 Å². The van der Waals surface area contributed by atoms with Gasteiger partial charge in [-0.25, -0.2) is 4.79 Å². The lowest BCUT2D eigenvalue weighted by Gasteiger charge is -2.37. The van der Waals surface area contributed by atoms with Gasteiger partial charge in [-0.1, -0.05) is 45.6 Å². The Morgan fingerprint density at radius 2 is 1.38 bits per heavy atom. The predicted octanol–water partition coefficient (Wildman–Crippen LogP) is 6.21. The fraction of sp³-hybridized carbons (Fsp3) is 0.870. The van der Waals surface area contributed by atoms with E-state index in [1.807, 2.05) is 0 Å². The van der Waals surface area contributed by atoms with Crippen LogP contribution in [0.15, 0.2) is 12.7 Å². The normalized spacial score (nSPS) is 29.3. The quantitative estimate of drug-likeness (QED) is 0.248. The van der Waals surface area contributed by atoms with Gasteiger partial charge in [-0.2, -0.15) is 0 Å². The molecule has 0 aliphatic heterocycles. The average Bonchev–Trinajstić information content (AvgIpc) is 2.68. The first kappa shape index (κ1) is 21.5. The Bertz CT molecular complexity index is 390. The molecular formula is C23H40O3. The summed E-state index contributed by atoms with van der Waals surface area (Å²) in [4.78, 5) is 11.3. The number of hydrogen-bond donors (Lipinski definition) is 0. The zero-order chi connectivity index (χ0) is 18.6. The summed E-state index contributed by atoms with van der Waals surface area (Å²) >= 11 is 0. The van der Waals surface area contributed by atoms with Crippen molar-refractivity contribution in [3.05, 3.63) is 12.7 Å². The number of carbonyl (C=O) groups excluding carboxylic acids is 1. The fourth-order valence-electron chi connectivity index (χ4n) is 4.75. The second kappa shape index (κ2) is 12.5. The van der Waals surface area contributed by atoms with E-state index < -0.39 is 0 Å². The Balaban J connectivity index is 1.52. The monoisotopic (exact) mass is 364 g/mol. The van der Waals surface area contributed by atoms with E-state index in [-0.39, 0.29) is 12.1 Å². The number of hydrogen-bond acceptors (Lipinski definition) is 3. The van der Waals surface area contributed by atoms with Gasteiger partial charge in [-0.15, -0.1) is 0 Å². The SMILES string of the molecule is C=CC(=O)OC1CCC(C2CCC(OCCCCCCCC)CC2)CC1. The van der Waals surface area contributed by atoms with Gasteiger partial charge in [-0.05, 0) is 69.6 Å². The van der Waals surface area contributed by atoms with Gasteiger partial charge in [0.25, 0.3) is 0 Å². The van der Waals surface area contributed by atoms with E-state index in [9.17, 15) is 4.79 Å². The molecule has 2 aliphatic rings. The minimum Gasteiger partial charge on any atom is -0.459 e. The van der Waals surface area contributed by atoms with Gasteiger partial charge in [0.2, 0.25) is 0 Å². The van der Waals surface area contributed by atoms with Crippen LogP contribution in [0.5, 0.6) is 0 Å². The summed E-state index contributed by atoms with van der Waals surface area (Å²) in [7, 11) is 0. The van der Waals surface area contributed by atoms with Gasteiger partial charge in [0, 0.05) is 12.7 Å². The fourth-order valence-corrected chi connectivity index (χ4v) is 4.75. The maximum Gasteiger partial charge on any atom is 0.330 e. The van der Waals surface area contributed by atoms with E-state index in [1.54, 1.807) is 0 Å². The van der Waals surface area contributed by atoms with Gasteiger partial charge in [0.1, 0.15) is 6.10 Å². The van der Waals surface area contributed by atoms with Gasteiger partial charge in [-0.3, -0.25) is 0 Å². The average molecular weight is 365 g/mol. The molecule has 0 heterocycles. The molecule has 0 radical (unpaired) electrons. The molecule has 2 aliphatic carbocycles. The Hall–Kier alpha value is -0.830. The maximum atomic E-state index is 11.3. The molecule has 0 unspecified atom stereocenters. The molecule has 2 rings (SSSR count). The Morgan fingerprint density at radius 1 is 0.846 bits per heavy atom. The van der Waals surface area contributed by atoms with E-state index in [1.165, 1.54) is 83.1 Å². The summed E-state index contributed by atoms with van der Waals surface area (Å²) in [6, 6.07) is 0. The topological polar surface area (TPSA) is 35.5 Å². The summed E-state index contributed by atoms with van der Waals surface area (Å²) in [5.74, 6) is 1.42. The van der Waals surface area contributed by atoms with Crippen LogP contribution < -0.4 is 0 Å². The van der Waals surface area contributed by atoms with Crippen LogP contribution in [0.2, 0.25) is 0 Å². The maximum absolute atomic E-state index is 11.3. The first-order chi connectivity index (χ1) is 12.7. The molecule has 0 spiro atoms. The molecule has 2 saturated carbocycles. The molecule has 0 amide bonds. The summed E-state index contributed by atoms with van der Waals surface area (Å²) in [6.07, 6.45) is 19.5. The van der Waals surface area contributed by atoms with Crippen molar-refractivity contribution in [3.63, 3.8) is 0 Å². The minimum atomic E-state index is -0.267. The van der Waals surface area contributed by atoms with Crippen molar-refractivity contribution in [2.24, 2.45) is 11.8 Å². The van der Waals surface area contributed by atoms with Crippen molar-refractivity contribution in [2.45, 2.75) is 109 Å².